The lowest BCUT2D eigenvalue weighted by molar-refractivity contribution is -0.168. The summed E-state index contributed by atoms with van der Waals surface area (Å²) in [5, 5.41) is 0. The molecule has 3 aromatic rings. The minimum atomic E-state index is -1.77. The predicted octanol–water partition coefficient (Wildman–Crippen LogP) is 5.12. The molecule has 37 heavy (non-hydrogen) atoms. The lowest BCUT2D eigenvalue weighted by atomic mass is 9.81. The smallest absolute Gasteiger partial charge is 0.325 e. The molecule has 0 bridgehead atoms. The van der Waals surface area contributed by atoms with Gasteiger partial charge < -0.3 is 9.47 Å². The number of carbonyl (C=O) groups is 3. The molecule has 0 amide bonds. The SMILES string of the molecule is COC(=O)C(CC#C/C(=C/c1ccccc1)C(=O)c1ccccc1)(CC#Cc1ccccc1)C(=O)OC. The zero-order valence-electron chi connectivity index (χ0n) is 20.7. The summed E-state index contributed by atoms with van der Waals surface area (Å²) >= 11 is 0. The average Bonchev–Trinajstić information content (AvgIpc) is 2.96. The number of ketones is 1. The Morgan fingerprint density at radius 3 is 1.81 bits per heavy atom. The zero-order valence-corrected chi connectivity index (χ0v) is 20.7. The number of esters is 2. The fourth-order valence-corrected chi connectivity index (χ4v) is 3.55. The number of ether oxygens (including phenoxy) is 2. The van der Waals surface area contributed by atoms with E-state index >= 15 is 0 Å². The van der Waals surface area contributed by atoms with Crippen LogP contribution in [-0.2, 0) is 19.1 Å². The highest BCUT2D eigenvalue weighted by Gasteiger charge is 2.47. The second kappa shape index (κ2) is 13.3. The monoisotopic (exact) mass is 490 g/mol. The highest BCUT2D eigenvalue weighted by atomic mass is 16.5. The topological polar surface area (TPSA) is 69.7 Å². The second-order valence-electron chi connectivity index (χ2n) is 8.05. The first kappa shape index (κ1) is 26.7. The van der Waals surface area contributed by atoms with E-state index < -0.39 is 17.4 Å². The molecule has 0 aliphatic carbocycles. The highest BCUT2D eigenvalue weighted by molar-refractivity contribution is 6.14. The van der Waals surface area contributed by atoms with E-state index in [1.54, 1.807) is 30.3 Å². The molecule has 0 saturated carbocycles. The van der Waals surface area contributed by atoms with Crippen LogP contribution in [0, 0.1) is 29.1 Å². The predicted molar refractivity (Wildman–Crippen MR) is 142 cm³/mol. The summed E-state index contributed by atoms with van der Waals surface area (Å²) in [5.74, 6) is 9.71. The van der Waals surface area contributed by atoms with Gasteiger partial charge in [0.15, 0.2) is 5.41 Å². The van der Waals surface area contributed by atoms with Crippen molar-refractivity contribution in [3.63, 3.8) is 0 Å². The minimum absolute atomic E-state index is 0.166. The molecule has 0 aromatic heterocycles. The maximum Gasteiger partial charge on any atom is 0.325 e. The van der Waals surface area contributed by atoms with Crippen molar-refractivity contribution in [2.75, 3.05) is 14.2 Å². The molecule has 0 aliphatic rings. The van der Waals surface area contributed by atoms with Crippen LogP contribution in [0.5, 0.6) is 0 Å². The van der Waals surface area contributed by atoms with Crippen LogP contribution >= 0.6 is 0 Å². The van der Waals surface area contributed by atoms with Gasteiger partial charge in [-0.15, -0.1) is 0 Å². The third-order valence-corrected chi connectivity index (χ3v) is 5.55. The Labute approximate surface area is 217 Å². The van der Waals surface area contributed by atoms with Crippen molar-refractivity contribution in [1.82, 2.24) is 0 Å². The molecule has 184 valence electrons. The number of hydrogen-bond acceptors (Lipinski definition) is 5. The van der Waals surface area contributed by atoms with E-state index in [0.29, 0.717) is 5.56 Å². The largest absolute Gasteiger partial charge is 0.468 e. The standard InChI is InChI=1S/C32H26O5/c1-36-30(34)32(31(35)37-2,22-12-18-25-14-6-3-7-15-25)23-13-21-28(24-26-16-8-4-9-17-26)29(33)27-19-10-5-11-20-27/h3-11,14-17,19-20,24H,22-23H2,1-2H3/b28-24-. The summed E-state index contributed by atoms with van der Waals surface area (Å²) in [6, 6.07) is 27.2. The van der Waals surface area contributed by atoms with Gasteiger partial charge in [-0.2, -0.15) is 0 Å². The highest BCUT2D eigenvalue weighted by Crippen LogP contribution is 2.30. The Hall–Kier alpha value is -4.87. The van der Waals surface area contributed by atoms with Gasteiger partial charge in [0.2, 0.25) is 5.78 Å². The van der Waals surface area contributed by atoms with Crippen LogP contribution in [0.2, 0.25) is 0 Å². The van der Waals surface area contributed by atoms with Gasteiger partial charge in [-0.05, 0) is 23.8 Å². The van der Waals surface area contributed by atoms with Gasteiger partial charge in [0.25, 0.3) is 0 Å². The Morgan fingerprint density at radius 2 is 1.24 bits per heavy atom. The lowest BCUT2D eigenvalue weighted by Crippen LogP contribution is -2.40. The fourth-order valence-electron chi connectivity index (χ4n) is 3.55. The van der Waals surface area contributed by atoms with Crippen LogP contribution < -0.4 is 0 Å². The third kappa shape index (κ3) is 7.07. The molecule has 0 unspecified atom stereocenters. The molecular formula is C32H26O5. The molecule has 5 nitrogen and oxygen atoms in total. The van der Waals surface area contributed by atoms with E-state index in [1.165, 1.54) is 14.2 Å². The number of Topliss-reactive ketones (excluding diaryl/α,β-unsaturated/α-hetero) is 1. The third-order valence-electron chi connectivity index (χ3n) is 5.55. The number of hydrogen-bond donors (Lipinski definition) is 0. The first-order valence-electron chi connectivity index (χ1n) is 11.6. The molecule has 5 heteroatoms. The Balaban J connectivity index is 2.00. The summed E-state index contributed by atoms with van der Waals surface area (Å²) in [7, 11) is 2.38. The van der Waals surface area contributed by atoms with E-state index in [-0.39, 0.29) is 24.2 Å². The number of rotatable bonds is 7. The summed E-state index contributed by atoms with van der Waals surface area (Å²) in [6.07, 6.45) is 1.26. The molecule has 0 spiro atoms. The van der Waals surface area contributed by atoms with Gasteiger partial charge in [0.1, 0.15) is 0 Å². The number of methoxy groups -OCH3 is 2. The Bertz CT molecular complexity index is 1370. The van der Waals surface area contributed by atoms with Crippen LogP contribution in [0.1, 0.15) is 34.3 Å². The molecule has 0 fully saturated rings. The minimum Gasteiger partial charge on any atom is -0.468 e. The van der Waals surface area contributed by atoms with Crippen molar-refractivity contribution in [3.8, 4) is 23.7 Å². The van der Waals surface area contributed by atoms with Crippen molar-refractivity contribution in [1.29, 1.82) is 0 Å². The molecule has 0 saturated heterocycles. The van der Waals surface area contributed by atoms with Crippen LogP contribution in [0.15, 0.2) is 96.6 Å². The van der Waals surface area contributed by atoms with Crippen LogP contribution in [0.4, 0.5) is 0 Å². The van der Waals surface area contributed by atoms with E-state index in [9.17, 15) is 14.4 Å². The normalized spacial score (nSPS) is 10.7. The maximum atomic E-state index is 13.2. The Kier molecular flexibility index (Phi) is 9.59. The summed E-state index contributed by atoms with van der Waals surface area (Å²) in [5.41, 5.74) is 0.443. The molecule has 3 aromatic carbocycles. The summed E-state index contributed by atoms with van der Waals surface area (Å²) < 4.78 is 9.91. The number of allylic oxidation sites excluding steroid dienone is 1. The molecule has 0 radical (unpaired) electrons. The van der Waals surface area contributed by atoms with Crippen molar-refractivity contribution in [3.05, 3.63) is 113 Å². The molecule has 0 N–H and O–H groups in total. The Morgan fingerprint density at radius 1 is 0.730 bits per heavy atom. The van der Waals surface area contributed by atoms with Crippen LogP contribution in [0.25, 0.3) is 6.08 Å². The molecular weight excluding hydrogens is 464 g/mol. The van der Waals surface area contributed by atoms with E-state index in [2.05, 4.69) is 23.7 Å². The van der Waals surface area contributed by atoms with Crippen LogP contribution in [0.3, 0.4) is 0 Å². The van der Waals surface area contributed by atoms with Crippen LogP contribution in [-0.4, -0.2) is 31.9 Å². The van der Waals surface area contributed by atoms with Gasteiger partial charge in [-0.1, -0.05) is 103 Å². The van der Waals surface area contributed by atoms with E-state index in [0.717, 1.165) is 11.1 Å². The molecule has 0 aliphatic heterocycles. The lowest BCUT2D eigenvalue weighted by Gasteiger charge is -2.24. The van der Waals surface area contributed by atoms with Gasteiger partial charge >= 0.3 is 11.9 Å². The van der Waals surface area contributed by atoms with Gasteiger partial charge in [0.05, 0.1) is 19.8 Å². The van der Waals surface area contributed by atoms with Crippen molar-refractivity contribution in [2.45, 2.75) is 12.8 Å². The van der Waals surface area contributed by atoms with Gasteiger partial charge in [0, 0.05) is 24.0 Å². The summed E-state index contributed by atoms with van der Waals surface area (Å²) in [6.45, 7) is 0. The van der Waals surface area contributed by atoms with E-state index in [1.807, 2.05) is 66.7 Å². The van der Waals surface area contributed by atoms with Crippen molar-refractivity contribution in [2.24, 2.45) is 5.41 Å². The fraction of sp³-hybridized carbons (Fsp3) is 0.156. The number of benzene rings is 3. The molecule has 0 atom stereocenters. The van der Waals surface area contributed by atoms with E-state index in [4.69, 9.17) is 9.47 Å². The molecule has 0 heterocycles. The quantitative estimate of drug-likeness (QED) is 0.151. The average molecular weight is 491 g/mol. The first-order chi connectivity index (χ1) is 18.0. The first-order valence-corrected chi connectivity index (χ1v) is 11.6. The van der Waals surface area contributed by atoms with Gasteiger partial charge in [-0.3, -0.25) is 14.4 Å². The second-order valence-corrected chi connectivity index (χ2v) is 8.05. The maximum absolute atomic E-state index is 13.2. The van der Waals surface area contributed by atoms with Crippen molar-refractivity contribution < 1.29 is 23.9 Å². The molecule has 3 rings (SSSR count). The zero-order chi connectivity index (χ0) is 26.5. The van der Waals surface area contributed by atoms with Crippen molar-refractivity contribution >= 4 is 23.8 Å². The summed E-state index contributed by atoms with van der Waals surface area (Å²) in [4.78, 5) is 39.0. The number of carbonyl (C=O) groups excluding carboxylic acids is 3. The van der Waals surface area contributed by atoms with Gasteiger partial charge in [-0.25, -0.2) is 0 Å².